The molecule has 0 radical (unpaired) electrons. The molecular weight excluding hydrogens is 338 g/mol. The molecule has 0 saturated carbocycles. The number of likely N-dealkylation sites (N-methyl/N-ethyl adjacent to an activating group) is 1. The fourth-order valence-corrected chi connectivity index (χ4v) is 4.65. The van der Waals surface area contributed by atoms with Crippen LogP contribution in [0.25, 0.3) is 0 Å². The van der Waals surface area contributed by atoms with E-state index < -0.39 is 10.0 Å². The van der Waals surface area contributed by atoms with Crippen molar-refractivity contribution in [3.8, 4) is 0 Å². The molecule has 0 atom stereocenters. The fourth-order valence-electron chi connectivity index (χ4n) is 2.98. The van der Waals surface area contributed by atoms with Crippen molar-refractivity contribution >= 4 is 15.9 Å². The quantitative estimate of drug-likeness (QED) is 0.738. The topological polar surface area (TPSA) is 60.9 Å². The third kappa shape index (κ3) is 4.80. The van der Waals surface area contributed by atoms with E-state index in [2.05, 4.69) is 4.90 Å². The molecule has 6 nitrogen and oxygen atoms in total. The molecule has 1 aromatic carbocycles. The monoisotopic (exact) mass is 367 g/mol. The van der Waals surface area contributed by atoms with E-state index in [0.717, 1.165) is 25.9 Å². The lowest BCUT2D eigenvalue weighted by atomic mass is 10.2. The molecule has 0 N–H and O–H groups in total. The van der Waals surface area contributed by atoms with Crippen molar-refractivity contribution in [1.29, 1.82) is 0 Å². The molecule has 0 aliphatic carbocycles. The van der Waals surface area contributed by atoms with Crippen molar-refractivity contribution in [1.82, 2.24) is 14.1 Å². The van der Waals surface area contributed by atoms with Crippen molar-refractivity contribution in [2.24, 2.45) is 0 Å². The van der Waals surface area contributed by atoms with Gasteiger partial charge < -0.3 is 9.80 Å². The van der Waals surface area contributed by atoms with Crippen LogP contribution in [0.1, 0.15) is 37.0 Å². The highest BCUT2D eigenvalue weighted by Gasteiger charge is 2.25. The number of benzene rings is 1. The van der Waals surface area contributed by atoms with E-state index >= 15 is 0 Å². The van der Waals surface area contributed by atoms with Crippen LogP contribution in [-0.2, 0) is 10.0 Å². The first-order chi connectivity index (χ1) is 11.9. The Morgan fingerprint density at radius 2 is 1.68 bits per heavy atom. The van der Waals surface area contributed by atoms with E-state index in [0.29, 0.717) is 31.7 Å². The number of rotatable bonds is 7. The second kappa shape index (κ2) is 8.78. The van der Waals surface area contributed by atoms with Crippen LogP contribution in [0.2, 0.25) is 0 Å². The number of carbonyl (C=O) groups is 1. The Morgan fingerprint density at radius 3 is 2.24 bits per heavy atom. The van der Waals surface area contributed by atoms with Crippen molar-refractivity contribution in [3.05, 3.63) is 29.8 Å². The molecular formula is C18H29N3O3S. The predicted octanol–water partition coefficient (Wildman–Crippen LogP) is 1.88. The van der Waals surface area contributed by atoms with Gasteiger partial charge in [0.15, 0.2) is 0 Å². The fraction of sp³-hybridized carbons (Fsp3) is 0.611. The molecule has 1 heterocycles. The SMILES string of the molecule is CCCN(CCC)S(=O)(=O)c1cccc(C(=O)N2CCN(C)CC2)c1. The van der Waals surface area contributed by atoms with Crippen LogP contribution in [0, 0.1) is 0 Å². The minimum Gasteiger partial charge on any atom is -0.336 e. The summed E-state index contributed by atoms with van der Waals surface area (Å²) in [4.78, 5) is 16.9. The predicted molar refractivity (Wildman–Crippen MR) is 99.2 cm³/mol. The van der Waals surface area contributed by atoms with Gasteiger partial charge in [0.2, 0.25) is 10.0 Å². The molecule has 1 saturated heterocycles. The zero-order chi connectivity index (χ0) is 18.4. The average Bonchev–Trinajstić information content (AvgIpc) is 2.61. The van der Waals surface area contributed by atoms with E-state index in [1.807, 2.05) is 20.9 Å². The molecule has 25 heavy (non-hydrogen) atoms. The Balaban J connectivity index is 2.23. The first kappa shape index (κ1) is 19.9. The van der Waals surface area contributed by atoms with Crippen molar-refractivity contribution in [2.75, 3.05) is 46.3 Å². The van der Waals surface area contributed by atoms with Crippen molar-refractivity contribution in [2.45, 2.75) is 31.6 Å². The Bertz CT molecular complexity index is 677. The van der Waals surface area contributed by atoms with Crippen LogP contribution in [0.5, 0.6) is 0 Å². The number of amides is 1. The smallest absolute Gasteiger partial charge is 0.253 e. The van der Waals surface area contributed by atoms with E-state index in [4.69, 9.17) is 0 Å². The van der Waals surface area contributed by atoms with Crippen LogP contribution in [-0.4, -0.2) is 74.7 Å². The molecule has 0 unspecified atom stereocenters. The molecule has 0 spiro atoms. The maximum atomic E-state index is 12.9. The van der Waals surface area contributed by atoms with Gasteiger partial charge in [0, 0.05) is 44.8 Å². The third-order valence-corrected chi connectivity index (χ3v) is 6.35. The summed E-state index contributed by atoms with van der Waals surface area (Å²) in [5, 5.41) is 0. The molecule has 0 aromatic heterocycles. The summed E-state index contributed by atoms with van der Waals surface area (Å²) in [7, 11) is -1.53. The lowest BCUT2D eigenvalue weighted by Gasteiger charge is -2.32. The number of sulfonamides is 1. The van der Waals surface area contributed by atoms with Crippen LogP contribution in [0.3, 0.4) is 0 Å². The number of piperazine rings is 1. The van der Waals surface area contributed by atoms with Gasteiger partial charge in [-0.15, -0.1) is 0 Å². The summed E-state index contributed by atoms with van der Waals surface area (Å²) in [6.07, 6.45) is 1.53. The molecule has 7 heteroatoms. The molecule has 1 aliphatic heterocycles. The van der Waals surface area contributed by atoms with E-state index in [-0.39, 0.29) is 10.8 Å². The Kier molecular flexibility index (Phi) is 6.98. The second-order valence-electron chi connectivity index (χ2n) is 6.53. The highest BCUT2D eigenvalue weighted by Crippen LogP contribution is 2.19. The van der Waals surface area contributed by atoms with Crippen molar-refractivity contribution < 1.29 is 13.2 Å². The third-order valence-electron chi connectivity index (χ3n) is 4.46. The lowest BCUT2D eigenvalue weighted by molar-refractivity contribution is 0.0664. The van der Waals surface area contributed by atoms with Crippen LogP contribution in [0.15, 0.2) is 29.2 Å². The van der Waals surface area contributed by atoms with Crippen LogP contribution >= 0.6 is 0 Å². The maximum Gasteiger partial charge on any atom is 0.253 e. The minimum absolute atomic E-state index is 0.0947. The number of nitrogens with zero attached hydrogens (tertiary/aromatic N) is 3. The van der Waals surface area contributed by atoms with Crippen LogP contribution < -0.4 is 0 Å². The Morgan fingerprint density at radius 1 is 1.08 bits per heavy atom. The summed E-state index contributed by atoms with van der Waals surface area (Å²) in [5.74, 6) is -0.0947. The summed E-state index contributed by atoms with van der Waals surface area (Å²) >= 11 is 0. The number of hydrogen-bond acceptors (Lipinski definition) is 4. The molecule has 2 rings (SSSR count). The largest absolute Gasteiger partial charge is 0.336 e. The molecule has 1 fully saturated rings. The molecule has 1 aromatic rings. The van der Waals surface area contributed by atoms with Crippen LogP contribution in [0.4, 0.5) is 0 Å². The van der Waals surface area contributed by atoms with Gasteiger partial charge in [-0.25, -0.2) is 8.42 Å². The van der Waals surface area contributed by atoms with Crippen molar-refractivity contribution in [3.63, 3.8) is 0 Å². The highest BCUT2D eigenvalue weighted by atomic mass is 32.2. The van der Waals surface area contributed by atoms with Gasteiger partial charge in [-0.2, -0.15) is 4.31 Å². The summed E-state index contributed by atoms with van der Waals surface area (Å²) in [6.45, 7) is 7.93. The van der Waals surface area contributed by atoms with Gasteiger partial charge in [0.05, 0.1) is 4.90 Å². The van der Waals surface area contributed by atoms with Gasteiger partial charge >= 0.3 is 0 Å². The Labute approximate surface area is 151 Å². The minimum atomic E-state index is -3.57. The van der Waals surface area contributed by atoms with Gasteiger partial charge in [-0.05, 0) is 38.1 Å². The zero-order valence-electron chi connectivity index (χ0n) is 15.4. The second-order valence-corrected chi connectivity index (χ2v) is 8.47. The summed E-state index contributed by atoms with van der Waals surface area (Å²) in [6, 6.07) is 6.46. The normalized spacial score (nSPS) is 16.4. The highest BCUT2D eigenvalue weighted by molar-refractivity contribution is 7.89. The van der Waals surface area contributed by atoms with E-state index in [1.165, 1.54) is 10.4 Å². The van der Waals surface area contributed by atoms with E-state index in [9.17, 15) is 13.2 Å². The van der Waals surface area contributed by atoms with Gasteiger partial charge in [-0.1, -0.05) is 19.9 Å². The zero-order valence-corrected chi connectivity index (χ0v) is 16.3. The first-order valence-corrected chi connectivity index (χ1v) is 10.4. The first-order valence-electron chi connectivity index (χ1n) is 8.98. The number of hydrogen-bond donors (Lipinski definition) is 0. The number of carbonyl (C=O) groups excluding carboxylic acids is 1. The molecule has 1 aliphatic rings. The molecule has 0 bridgehead atoms. The standard InChI is InChI=1S/C18H29N3O3S/c1-4-9-21(10-5-2)25(23,24)17-8-6-7-16(15-17)18(22)20-13-11-19(3)12-14-20/h6-8,15H,4-5,9-14H2,1-3H3. The molecule has 1 amide bonds. The summed E-state index contributed by atoms with van der Waals surface area (Å²) in [5.41, 5.74) is 0.443. The van der Waals surface area contributed by atoms with Gasteiger partial charge in [-0.3, -0.25) is 4.79 Å². The lowest BCUT2D eigenvalue weighted by Crippen LogP contribution is -2.47. The Hall–Kier alpha value is -1.44. The average molecular weight is 368 g/mol. The van der Waals surface area contributed by atoms with E-state index in [1.54, 1.807) is 23.1 Å². The molecule has 140 valence electrons. The summed E-state index contributed by atoms with van der Waals surface area (Å²) < 4.78 is 27.3. The van der Waals surface area contributed by atoms with Gasteiger partial charge in [0.25, 0.3) is 5.91 Å². The van der Waals surface area contributed by atoms with Gasteiger partial charge in [0.1, 0.15) is 0 Å². The maximum absolute atomic E-state index is 12.9.